The molecule has 2 aliphatic rings. The number of carbonyl (C=O) groups excluding carboxylic acids is 1. The first kappa shape index (κ1) is 16.0. The van der Waals surface area contributed by atoms with E-state index in [0.717, 1.165) is 19.4 Å². The largest absolute Gasteiger partial charge is 0.438 e. The lowest BCUT2D eigenvalue weighted by Gasteiger charge is -2.52. The number of hydrogen-bond donors (Lipinski definition) is 1. The Bertz CT molecular complexity index is 732. The number of aryl methyl sites for hydroxylation is 1. The SMILES string of the molecule is Cc1ncoc1C(=O)N1CC2(CCC(CNc3ncccn3)CO2)C1. The molecule has 1 unspecified atom stereocenters. The Balaban J connectivity index is 1.24. The average molecular weight is 343 g/mol. The van der Waals surface area contributed by atoms with Crippen LogP contribution in [0.2, 0.25) is 0 Å². The normalized spacial score (nSPS) is 21.8. The van der Waals surface area contributed by atoms with Crippen molar-refractivity contribution in [3.05, 3.63) is 36.3 Å². The number of nitrogens with zero attached hydrogens (tertiary/aromatic N) is 4. The predicted molar refractivity (Wildman–Crippen MR) is 89.1 cm³/mol. The van der Waals surface area contributed by atoms with Crippen LogP contribution in [0.25, 0.3) is 0 Å². The molecule has 1 amide bonds. The maximum absolute atomic E-state index is 12.4. The van der Waals surface area contributed by atoms with Crippen LogP contribution in [0.4, 0.5) is 5.95 Å². The van der Waals surface area contributed by atoms with Crippen LogP contribution >= 0.6 is 0 Å². The van der Waals surface area contributed by atoms with Crippen LogP contribution in [0.5, 0.6) is 0 Å². The van der Waals surface area contributed by atoms with Gasteiger partial charge in [0.1, 0.15) is 5.60 Å². The van der Waals surface area contributed by atoms with E-state index in [1.54, 1.807) is 30.3 Å². The van der Waals surface area contributed by atoms with Gasteiger partial charge in [-0.05, 0) is 31.7 Å². The van der Waals surface area contributed by atoms with Gasteiger partial charge in [0.2, 0.25) is 11.7 Å². The number of anilines is 1. The summed E-state index contributed by atoms with van der Waals surface area (Å²) in [7, 11) is 0. The van der Waals surface area contributed by atoms with Gasteiger partial charge < -0.3 is 19.4 Å². The summed E-state index contributed by atoms with van der Waals surface area (Å²) in [6.45, 7) is 4.49. The smallest absolute Gasteiger partial charge is 0.291 e. The highest BCUT2D eigenvalue weighted by molar-refractivity contribution is 5.93. The topological polar surface area (TPSA) is 93.4 Å². The van der Waals surface area contributed by atoms with E-state index < -0.39 is 0 Å². The molecule has 1 atom stereocenters. The van der Waals surface area contributed by atoms with Crippen LogP contribution in [0.1, 0.15) is 29.1 Å². The highest BCUT2D eigenvalue weighted by Crippen LogP contribution is 2.36. The molecule has 2 saturated heterocycles. The fraction of sp³-hybridized carbons (Fsp3) is 0.529. The average Bonchev–Trinajstić information content (AvgIpc) is 3.05. The zero-order valence-corrected chi connectivity index (χ0v) is 14.1. The van der Waals surface area contributed by atoms with Gasteiger partial charge in [0.15, 0.2) is 6.39 Å². The molecule has 0 bridgehead atoms. The molecule has 8 heteroatoms. The molecule has 1 N–H and O–H groups in total. The molecule has 2 aromatic rings. The van der Waals surface area contributed by atoms with Gasteiger partial charge in [-0.2, -0.15) is 0 Å². The van der Waals surface area contributed by atoms with E-state index >= 15 is 0 Å². The molecular weight excluding hydrogens is 322 g/mol. The zero-order chi connectivity index (χ0) is 17.3. The molecule has 2 aliphatic heterocycles. The molecule has 0 aliphatic carbocycles. The van der Waals surface area contributed by atoms with Crippen LogP contribution in [-0.2, 0) is 4.74 Å². The van der Waals surface area contributed by atoms with E-state index in [1.165, 1.54) is 6.39 Å². The Hall–Kier alpha value is -2.48. The molecule has 0 radical (unpaired) electrons. The van der Waals surface area contributed by atoms with E-state index in [0.29, 0.717) is 43.0 Å². The van der Waals surface area contributed by atoms with Crippen LogP contribution in [0.3, 0.4) is 0 Å². The van der Waals surface area contributed by atoms with Gasteiger partial charge >= 0.3 is 0 Å². The Kier molecular flexibility index (Phi) is 4.12. The number of ether oxygens (including phenoxy) is 1. The summed E-state index contributed by atoms with van der Waals surface area (Å²) in [6, 6.07) is 1.79. The molecule has 2 fully saturated rings. The summed E-state index contributed by atoms with van der Waals surface area (Å²) < 4.78 is 11.3. The molecule has 0 aromatic carbocycles. The summed E-state index contributed by atoms with van der Waals surface area (Å²) >= 11 is 0. The minimum atomic E-state index is -0.191. The van der Waals surface area contributed by atoms with Crippen LogP contribution in [0, 0.1) is 12.8 Å². The number of amides is 1. The van der Waals surface area contributed by atoms with Crippen molar-refractivity contribution in [1.82, 2.24) is 19.9 Å². The van der Waals surface area contributed by atoms with Crippen molar-refractivity contribution in [3.8, 4) is 0 Å². The Labute approximate surface area is 145 Å². The Morgan fingerprint density at radius 2 is 2.16 bits per heavy atom. The van der Waals surface area contributed by atoms with Crippen LogP contribution in [-0.4, -0.2) is 57.6 Å². The Morgan fingerprint density at radius 3 is 2.80 bits per heavy atom. The number of carbonyl (C=O) groups is 1. The fourth-order valence-electron chi connectivity index (χ4n) is 3.40. The second-order valence-corrected chi connectivity index (χ2v) is 6.78. The number of oxazole rings is 1. The monoisotopic (exact) mass is 343 g/mol. The third-order valence-corrected chi connectivity index (χ3v) is 4.93. The molecular formula is C17H21N5O3. The number of likely N-dealkylation sites (tertiary alicyclic amines) is 1. The molecule has 0 saturated carbocycles. The van der Waals surface area contributed by atoms with Crippen molar-refractivity contribution in [1.29, 1.82) is 0 Å². The predicted octanol–water partition coefficient (Wildman–Crippen LogP) is 1.51. The third kappa shape index (κ3) is 3.21. The first-order valence-electron chi connectivity index (χ1n) is 8.49. The van der Waals surface area contributed by atoms with Crippen LogP contribution in [0.15, 0.2) is 29.3 Å². The van der Waals surface area contributed by atoms with Crippen molar-refractivity contribution in [2.24, 2.45) is 5.92 Å². The molecule has 8 nitrogen and oxygen atoms in total. The van der Waals surface area contributed by atoms with Crippen molar-refractivity contribution in [2.45, 2.75) is 25.4 Å². The summed E-state index contributed by atoms with van der Waals surface area (Å²) in [6.07, 6.45) is 6.76. The number of hydrogen-bond acceptors (Lipinski definition) is 7. The third-order valence-electron chi connectivity index (χ3n) is 4.93. The van der Waals surface area contributed by atoms with E-state index in [9.17, 15) is 4.79 Å². The van der Waals surface area contributed by atoms with E-state index in [1.807, 2.05) is 0 Å². The van der Waals surface area contributed by atoms with Gasteiger partial charge in [0.25, 0.3) is 5.91 Å². The maximum atomic E-state index is 12.4. The standard InChI is InChI=1S/C17H21N5O3/c1-12-14(24-11-21-12)15(23)22-9-17(10-22)4-3-13(8-25-17)7-20-16-18-5-2-6-19-16/h2,5-6,11,13H,3-4,7-10H2,1H3,(H,18,19,20). The quantitative estimate of drug-likeness (QED) is 0.899. The molecule has 2 aromatic heterocycles. The lowest BCUT2D eigenvalue weighted by molar-refractivity contribution is -0.165. The fourth-order valence-corrected chi connectivity index (χ4v) is 3.40. The second-order valence-electron chi connectivity index (χ2n) is 6.78. The van der Waals surface area contributed by atoms with Crippen LogP contribution < -0.4 is 5.32 Å². The second kappa shape index (κ2) is 6.44. The minimum absolute atomic E-state index is 0.103. The van der Waals surface area contributed by atoms with Gasteiger partial charge in [-0.1, -0.05) is 0 Å². The van der Waals surface area contributed by atoms with Gasteiger partial charge in [0.05, 0.1) is 25.4 Å². The number of rotatable bonds is 4. The lowest BCUT2D eigenvalue weighted by atomic mass is 9.82. The Morgan fingerprint density at radius 1 is 1.36 bits per heavy atom. The zero-order valence-electron chi connectivity index (χ0n) is 14.1. The molecule has 4 heterocycles. The highest BCUT2D eigenvalue weighted by atomic mass is 16.5. The van der Waals surface area contributed by atoms with Crippen molar-refractivity contribution in [3.63, 3.8) is 0 Å². The molecule has 4 rings (SSSR count). The van der Waals surface area contributed by atoms with Gasteiger partial charge in [-0.15, -0.1) is 0 Å². The van der Waals surface area contributed by atoms with Gasteiger partial charge in [0, 0.05) is 18.9 Å². The summed E-state index contributed by atoms with van der Waals surface area (Å²) in [4.78, 5) is 26.4. The van der Waals surface area contributed by atoms with Crippen molar-refractivity contribution >= 4 is 11.9 Å². The minimum Gasteiger partial charge on any atom is -0.438 e. The van der Waals surface area contributed by atoms with E-state index in [2.05, 4.69) is 20.3 Å². The maximum Gasteiger partial charge on any atom is 0.291 e. The first-order chi connectivity index (χ1) is 12.2. The molecule has 1 spiro atoms. The van der Waals surface area contributed by atoms with Crippen molar-refractivity contribution < 1.29 is 13.9 Å². The van der Waals surface area contributed by atoms with E-state index in [4.69, 9.17) is 9.15 Å². The lowest BCUT2D eigenvalue weighted by Crippen LogP contribution is -2.66. The highest BCUT2D eigenvalue weighted by Gasteiger charge is 2.49. The first-order valence-corrected chi connectivity index (χ1v) is 8.49. The summed E-state index contributed by atoms with van der Waals surface area (Å²) in [5.41, 5.74) is 0.438. The van der Waals surface area contributed by atoms with Gasteiger partial charge in [-0.25, -0.2) is 15.0 Å². The van der Waals surface area contributed by atoms with Crippen molar-refractivity contribution in [2.75, 3.05) is 31.6 Å². The number of nitrogens with one attached hydrogen (secondary N) is 1. The van der Waals surface area contributed by atoms with E-state index in [-0.39, 0.29) is 11.5 Å². The molecule has 25 heavy (non-hydrogen) atoms. The van der Waals surface area contributed by atoms with Gasteiger partial charge in [-0.3, -0.25) is 4.79 Å². The number of aromatic nitrogens is 3. The summed E-state index contributed by atoms with van der Waals surface area (Å²) in [5.74, 6) is 1.30. The molecule has 132 valence electrons. The summed E-state index contributed by atoms with van der Waals surface area (Å²) in [5, 5.41) is 3.24.